The molecule has 1 atom stereocenters. The van der Waals surface area contributed by atoms with Crippen molar-refractivity contribution in [1.29, 1.82) is 0 Å². The molecule has 6 nitrogen and oxygen atoms in total. The number of halogens is 1. The van der Waals surface area contributed by atoms with Gasteiger partial charge in [-0.05, 0) is 32.0 Å². The largest absolute Gasteiger partial charge is 0.489 e. The third-order valence-electron chi connectivity index (χ3n) is 3.32. The number of aliphatic hydroxyl groups excluding tert-OH is 1. The zero-order valence-corrected chi connectivity index (χ0v) is 15.7. The van der Waals surface area contributed by atoms with E-state index < -0.39 is 6.10 Å². The third-order valence-corrected chi connectivity index (χ3v) is 3.86. The van der Waals surface area contributed by atoms with Crippen molar-refractivity contribution >= 4 is 23.8 Å². The predicted molar refractivity (Wildman–Crippen MR) is 100.0 cm³/mol. The standard InChI is InChI=1S/C17H22ClN3O3S/c1-17(2,11-24-15-7-8-16(25)21-20-15)19-9-12(22)10-23-14-6-4-3-5-13(14)18/h3-8,12,19,22H,9-11H2,1-2H3,(H,21,25)/t12-/m0/s1. The zero-order chi connectivity index (χ0) is 18.3. The second kappa shape index (κ2) is 9.15. The van der Waals surface area contributed by atoms with Crippen LogP contribution in [0.1, 0.15) is 13.8 Å². The quantitative estimate of drug-likeness (QED) is 0.578. The first kappa shape index (κ1) is 19.7. The molecule has 1 heterocycles. The number of para-hydroxylation sites is 1. The Morgan fingerprint density at radius 3 is 2.72 bits per heavy atom. The Labute approximate surface area is 157 Å². The Balaban J connectivity index is 1.73. The van der Waals surface area contributed by atoms with Crippen molar-refractivity contribution in [2.24, 2.45) is 0 Å². The fourth-order valence-electron chi connectivity index (χ4n) is 1.92. The second-order valence-electron chi connectivity index (χ2n) is 6.21. The molecule has 0 bridgehead atoms. The Kier molecular flexibility index (Phi) is 7.19. The van der Waals surface area contributed by atoms with Crippen LogP contribution < -0.4 is 14.8 Å². The SMILES string of the molecule is CC(C)(COc1ccc(=S)[nH]n1)NC[C@H](O)COc1ccccc1Cl. The van der Waals surface area contributed by atoms with Crippen LogP contribution in [0.2, 0.25) is 5.02 Å². The van der Waals surface area contributed by atoms with Gasteiger partial charge in [0.15, 0.2) is 0 Å². The molecule has 0 spiro atoms. The molecule has 0 aliphatic heterocycles. The monoisotopic (exact) mass is 383 g/mol. The fraction of sp³-hybridized carbons (Fsp3) is 0.412. The molecule has 0 amide bonds. The van der Waals surface area contributed by atoms with E-state index in [1.165, 1.54) is 0 Å². The number of nitrogens with one attached hydrogen (secondary N) is 2. The first-order chi connectivity index (χ1) is 11.9. The van der Waals surface area contributed by atoms with Gasteiger partial charge in [-0.3, -0.25) is 5.10 Å². The predicted octanol–water partition coefficient (Wildman–Crippen LogP) is 2.98. The van der Waals surface area contributed by atoms with Gasteiger partial charge >= 0.3 is 0 Å². The molecule has 3 N–H and O–H groups in total. The van der Waals surface area contributed by atoms with Gasteiger partial charge in [0.2, 0.25) is 5.88 Å². The summed E-state index contributed by atoms with van der Waals surface area (Å²) in [7, 11) is 0. The molecule has 0 unspecified atom stereocenters. The maximum atomic E-state index is 10.1. The van der Waals surface area contributed by atoms with E-state index in [1.807, 2.05) is 26.0 Å². The Hall–Kier alpha value is -1.67. The van der Waals surface area contributed by atoms with Crippen molar-refractivity contribution < 1.29 is 14.6 Å². The summed E-state index contributed by atoms with van der Waals surface area (Å²) in [4.78, 5) is 0. The summed E-state index contributed by atoms with van der Waals surface area (Å²) in [5, 5.41) is 20.5. The van der Waals surface area contributed by atoms with Crippen LogP contribution in [0, 0.1) is 4.64 Å². The van der Waals surface area contributed by atoms with Crippen LogP contribution in [-0.4, -0.2) is 46.7 Å². The molecule has 136 valence electrons. The van der Waals surface area contributed by atoms with Crippen LogP contribution in [-0.2, 0) is 0 Å². The molecule has 0 aliphatic carbocycles. The van der Waals surface area contributed by atoms with Gasteiger partial charge in [-0.2, -0.15) is 0 Å². The number of nitrogens with zero attached hydrogens (tertiary/aromatic N) is 1. The average molecular weight is 384 g/mol. The van der Waals surface area contributed by atoms with Crippen molar-refractivity contribution in [2.75, 3.05) is 19.8 Å². The highest BCUT2D eigenvalue weighted by Crippen LogP contribution is 2.23. The van der Waals surface area contributed by atoms with E-state index >= 15 is 0 Å². The van der Waals surface area contributed by atoms with Gasteiger partial charge in [0, 0.05) is 18.2 Å². The first-order valence-corrected chi connectivity index (χ1v) is 8.63. The molecule has 8 heteroatoms. The van der Waals surface area contributed by atoms with Crippen molar-refractivity contribution in [2.45, 2.75) is 25.5 Å². The minimum Gasteiger partial charge on any atom is -0.489 e. The molecule has 2 rings (SSSR count). The van der Waals surface area contributed by atoms with Crippen LogP contribution in [0.4, 0.5) is 0 Å². The van der Waals surface area contributed by atoms with E-state index in [0.29, 0.717) is 34.4 Å². The minimum atomic E-state index is -0.679. The molecule has 0 saturated heterocycles. The van der Waals surface area contributed by atoms with Crippen molar-refractivity contribution in [3.05, 3.63) is 46.1 Å². The van der Waals surface area contributed by atoms with Gasteiger partial charge in [0.1, 0.15) is 29.7 Å². The van der Waals surface area contributed by atoms with Gasteiger partial charge in [0.25, 0.3) is 0 Å². The van der Waals surface area contributed by atoms with Crippen molar-refractivity contribution in [1.82, 2.24) is 15.5 Å². The lowest BCUT2D eigenvalue weighted by Crippen LogP contribution is -2.48. The Morgan fingerprint density at radius 1 is 1.28 bits per heavy atom. The number of ether oxygens (including phenoxy) is 2. The topological polar surface area (TPSA) is 79.4 Å². The maximum Gasteiger partial charge on any atom is 0.231 e. The average Bonchev–Trinajstić information content (AvgIpc) is 2.59. The zero-order valence-electron chi connectivity index (χ0n) is 14.2. The Morgan fingerprint density at radius 2 is 2.04 bits per heavy atom. The van der Waals surface area contributed by atoms with E-state index in [4.69, 9.17) is 33.3 Å². The molecule has 0 radical (unpaired) electrons. The third kappa shape index (κ3) is 6.99. The van der Waals surface area contributed by atoms with Gasteiger partial charge in [-0.25, -0.2) is 0 Å². The molecule has 0 saturated carbocycles. The summed E-state index contributed by atoms with van der Waals surface area (Å²) in [6, 6.07) is 10.6. The molecular formula is C17H22ClN3O3S. The number of hydrogen-bond donors (Lipinski definition) is 3. The number of rotatable bonds is 9. The molecule has 0 aliphatic rings. The lowest BCUT2D eigenvalue weighted by Gasteiger charge is -2.27. The smallest absolute Gasteiger partial charge is 0.231 e. The highest BCUT2D eigenvalue weighted by Gasteiger charge is 2.20. The molecule has 25 heavy (non-hydrogen) atoms. The van der Waals surface area contributed by atoms with E-state index in [-0.39, 0.29) is 12.1 Å². The lowest BCUT2D eigenvalue weighted by atomic mass is 10.1. The number of benzene rings is 1. The van der Waals surface area contributed by atoms with Gasteiger partial charge in [-0.15, -0.1) is 5.10 Å². The van der Waals surface area contributed by atoms with Gasteiger partial charge in [0.05, 0.1) is 5.02 Å². The van der Waals surface area contributed by atoms with E-state index in [2.05, 4.69) is 15.5 Å². The van der Waals surface area contributed by atoms with Crippen molar-refractivity contribution in [3.8, 4) is 11.6 Å². The fourth-order valence-corrected chi connectivity index (χ4v) is 2.22. The summed E-state index contributed by atoms with van der Waals surface area (Å²) in [6.45, 7) is 4.82. The summed E-state index contributed by atoms with van der Waals surface area (Å²) in [5.41, 5.74) is -0.361. The summed E-state index contributed by atoms with van der Waals surface area (Å²) < 4.78 is 11.7. The minimum absolute atomic E-state index is 0.143. The molecular weight excluding hydrogens is 362 g/mol. The van der Waals surface area contributed by atoms with Gasteiger partial charge < -0.3 is 19.9 Å². The number of hydrogen-bond acceptors (Lipinski definition) is 6. The lowest BCUT2D eigenvalue weighted by molar-refractivity contribution is 0.0923. The summed E-state index contributed by atoms with van der Waals surface area (Å²) in [6.07, 6.45) is -0.679. The number of H-pyrrole nitrogens is 1. The number of aromatic amines is 1. The van der Waals surface area contributed by atoms with Crippen LogP contribution in [0.3, 0.4) is 0 Å². The van der Waals surface area contributed by atoms with Crippen LogP contribution in [0.15, 0.2) is 36.4 Å². The van der Waals surface area contributed by atoms with E-state index in [1.54, 1.807) is 24.3 Å². The van der Waals surface area contributed by atoms with Crippen LogP contribution in [0.5, 0.6) is 11.6 Å². The number of β-amino-alcohol motifs (C(OH)–C–C–N with tert-alkyl or cyclic N) is 1. The number of aromatic nitrogens is 2. The maximum absolute atomic E-state index is 10.1. The molecule has 1 aromatic heterocycles. The highest BCUT2D eigenvalue weighted by atomic mass is 35.5. The summed E-state index contributed by atoms with van der Waals surface area (Å²) >= 11 is 10.9. The molecule has 1 aromatic carbocycles. The van der Waals surface area contributed by atoms with Crippen LogP contribution in [0.25, 0.3) is 0 Å². The highest BCUT2D eigenvalue weighted by molar-refractivity contribution is 7.71. The number of aliphatic hydroxyl groups is 1. The Bertz CT molecular complexity index is 719. The van der Waals surface area contributed by atoms with E-state index in [9.17, 15) is 5.11 Å². The molecule has 0 fully saturated rings. The molecule has 2 aromatic rings. The van der Waals surface area contributed by atoms with Gasteiger partial charge in [-0.1, -0.05) is 36.0 Å². The van der Waals surface area contributed by atoms with Crippen molar-refractivity contribution in [3.63, 3.8) is 0 Å². The van der Waals surface area contributed by atoms with Crippen LogP contribution >= 0.6 is 23.8 Å². The normalized spacial score (nSPS) is 12.6. The summed E-state index contributed by atoms with van der Waals surface area (Å²) in [5.74, 6) is 1.02. The first-order valence-electron chi connectivity index (χ1n) is 7.85. The van der Waals surface area contributed by atoms with E-state index in [0.717, 1.165) is 0 Å². The second-order valence-corrected chi connectivity index (χ2v) is 7.06.